The van der Waals surface area contributed by atoms with E-state index in [4.69, 9.17) is 4.74 Å². The molecule has 1 N–H and O–H groups in total. The van der Waals surface area contributed by atoms with Crippen molar-refractivity contribution in [1.29, 1.82) is 0 Å². The van der Waals surface area contributed by atoms with Crippen LogP contribution in [0.3, 0.4) is 0 Å². The first kappa shape index (κ1) is 22.3. The van der Waals surface area contributed by atoms with Gasteiger partial charge in [-0.3, -0.25) is 4.79 Å². The van der Waals surface area contributed by atoms with Gasteiger partial charge < -0.3 is 10.1 Å². The molecule has 0 aliphatic heterocycles. The molecule has 0 aliphatic carbocycles. The van der Waals surface area contributed by atoms with Gasteiger partial charge in [-0.15, -0.1) is 0 Å². The van der Waals surface area contributed by atoms with Crippen molar-refractivity contribution in [3.63, 3.8) is 0 Å². The Bertz CT molecular complexity index is 1100. The molecule has 0 unspecified atom stereocenters. The Kier molecular flexibility index (Phi) is 7.65. The summed E-state index contributed by atoms with van der Waals surface area (Å²) in [6, 6.07) is 24.7. The minimum absolute atomic E-state index is 0.216. The molecule has 0 aromatic heterocycles. The summed E-state index contributed by atoms with van der Waals surface area (Å²) in [5.74, 6) is 5.66. The summed E-state index contributed by atoms with van der Waals surface area (Å²) < 4.78 is 5.41. The summed E-state index contributed by atoms with van der Waals surface area (Å²) in [6.07, 6.45) is 3.76. The van der Waals surface area contributed by atoms with E-state index in [1.165, 1.54) is 16.3 Å². The molecular formula is C28H29NO2. The molecule has 0 saturated heterocycles. The second kappa shape index (κ2) is 10.6. The van der Waals surface area contributed by atoms with Crippen LogP contribution in [0.4, 0.5) is 0 Å². The Balaban J connectivity index is 1.49. The SMILES string of the molecule is C[C@@H](NC/C=C/C#CC(C)(C)C(=O)OCc1ccccc1)c1cccc2ccccc12. The molecule has 0 fully saturated rings. The van der Waals surface area contributed by atoms with Gasteiger partial charge in [-0.25, -0.2) is 0 Å². The van der Waals surface area contributed by atoms with E-state index in [9.17, 15) is 4.79 Å². The van der Waals surface area contributed by atoms with Crippen molar-refractivity contribution >= 4 is 16.7 Å². The third-order valence-corrected chi connectivity index (χ3v) is 5.14. The maximum Gasteiger partial charge on any atom is 0.324 e. The van der Waals surface area contributed by atoms with Crippen LogP contribution in [0.5, 0.6) is 0 Å². The Labute approximate surface area is 185 Å². The van der Waals surface area contributed by atoms with Crippen LogP contribution < -0.4 is 5.32 Å². The summed E-state index contributed by atoms with van der Waals surface area (Å²) in [5.41, 5.74) is 1.38. The highest BCUT2D eigenvalue weighted by Gasteiger charge is 2.26. The zero-order valence-corrected chi connectivity index (χ0v) is 18.4. The third kappa shape index (κ3) is 6.31. The first-order chi connectivity index (χ1) is 15.0. The van der Waals surface area contributed by atoms with Crippen molar-refractivity contribution in [3.8, 4) is 11.8 Å². The Hall–Kier alpha value is -3.35. The smallest absolute Gasteiger partial charge is 0.324 e. The van der Waals surface area contributed by atoms with E-state index >= 15 is 0 Å². The number of nitrogens with one attached hydrogen (secondary N) is 1. The molecule has 3 aromatic carbocycles. The molecule has 1 atom stereocenters. The molecular weight excluding hydrogens is 382 g/mol. The highest BCUT2D eigenvalue weighted by atomic mass is 16.5. The van der Waals surface area contributed by atoms with E-state index in [0.717, 1.165) is 5.56 Å². The van der Waals surface area contributed by atoms with Gasteiger partial charge in [-0.05, 0) is 48.7 Å². The fourth-order valence-electron chi connectivity index (χ4n) is 3.28. The van der Waals surface area contributed by atoms with Crippen LogP contribution in [0.2, 0.25) is 0 Å². The topological polar surface area (TPSA) is 38.3 Å². The van der Waals surface area contributed by atoms with E-state index in [1.54, 1.807) is 19.9 Å². The largest absolute Gasteiger partial charge is 0.460 e. The standard InChI is InChI=1S/C28H29NO2/c1-22(25-18-12-16-24-15-8-9-17-26(24)25)29-20-11-5-10-19-28(2,3)27(30)31-21-23-13-6-4-7-14-23/h4-9,11-18,22,29H,20-21H2,1-3H3/b11-5+/t22-/m1/s1. The molecule has 0 heterocycles. The minimum atomic E-state index is -0.858. The lowest BCUT2D eigenvalue weighted by molar-refractivity contribution is -0.152. The van der Waals surface area contributed by atoms with Gasteiger partial charge in [0.25, 0.3) is 0 Å². The number of benzene rings is 3. The molecule has 0 saturated carbocycles. The maximum atomic E-state index is 12.4. The lowest BCUT2D eigenvalue weighted by Gasteiger charge is -2.16. The first-order valence-corrected chi connectivity index (χ1v) is 10.6. The van der Waals surface area contributed by atoms with Crippen molar-refractivity contribution in [3.05, 3.63) is 96.1 Å². The van der Waals surface area contributed by atoms with Crippen molar-refractivity contribution < 1.29 is 9.53 Å². The second-order valence-corrected chi connectivity index (χ2v) is 8.06. The Morgan fingerprint density at radius 2 is 1.74 bits per heavy atom. The molecule has 31 heavy (non-hydrogen) atoms. The normalized spacial score (nSPS) is 12.4. The van der Waals surface area contributed by atoms with Crippen molar-refractivity contribution in [1.82, 2.24) is 5.32 Å². The maximum absolute atomic E-state index is 12.4. The highest BCUT2D eigenvalue weighted by molar-refractivity contribution is 5.86. The van der Waals surface area contributed by atoms with Crippen molar-refractivity contribution in [2.75, 3.05) is 6.54 Å². The number of hydrogen-bond acceptors (Lipinski definition) is 3. The number of carbonyl (C=O) groups excluding carboxylic acids is 1. The summed E-state index contributed by atoms with van der Waals surface area (Å²) in [4.78, 5) is 12.4. The fraction of sp³-hybridized carbons (Fsp3) is 0.250. The van der Waals surface area contributed by atoms with Crippen LogP contribution in [0.1, 0.15) is 37.9 Å². The molecule has 3 nitrogen and oxygen atoms in total. The molecule has 0 spiro atoms. The first-order valence-electron chi connectivity index (χ1n) is 10.6. The summed E-state index contributed by atoms with van der Waals surface area (Å²) >= 11 is 0. The average molecular weight is 412 g/mol. The van der Waals surface area contributed by atoms with Gasteiger partial charge in [0.2, 0.25) is 0 Å². The monoisotopic (exact) mass is 411 g/mol. The zero-order valence-electron chi connectivity index (χ0n) is 18.4. The van der Waals surface area contributed by atoms with Crippen LogP contribution in [-0.2, 0) is 16.1 Å². The lowest BCUT2D eigenvalue weighted by atomic mass is 9.95. The van der Waals surface area contributed by atoms with Gasteiger partial charge in [-0.1, -0.05) is 90.7 Å². The Morgan fingerprint density at radius 3 is 2.55 bits per heavy atom. The van der Waals surface area contributed by atoms with Crippen LogP contribution in [0.25, 0.3) is 10.8 Å². The summed E-state index contributed by atoms with van der Waals surface area (Å²) in [5, 5.41) is 6.02. The molecule has 0 aliphatic rings. The molecule has 158 valence electrons. The van der Waals surface area contributed by atoms with Crippen LogP contribution in [0.15, 0.2) is 84.9 Å². The number of allylic oxidation sites excluding steroid dienone is 1. The number of fused-ring (bicyclic) bond motifs is 1. The number of hydrogen-bond donors (Lipinski definition) is 1. The minimum Gasteiger partial charge on any atom is -0.460 e. The quantitative estimate of drug-likeness (QED) is 0.393. The molecule has 3 rings (SSSR count). The number of esters is 1. The molecule has 0 amide bonds. The molecule has 3 heteroatoms. The predicted octanol–water partition coefficient (Wildman–Crippen LogP) is 5.82. The summed E-state index contributed by atoms with van der Waals surface area (Å²) in [6.45, 7) is 6.67. The van der Waals surface area contributed by atoms with Crippen LogP contribution in [0, 0.1) is 17.3 Å². The molecule has 3 aromatic rings. The van der Waals surface area contributed by atoms with E-state index < -0.39 is 5.41 Å². The van der Waals surface area contributed by atoms with Crippen molar-refractivity contribution in [2.24, 2.45) is 5.41 Å². The van der Waals surface area contributed by atoms with Gasteiger partial charge in [0.1, 0.15) is 12.0 Å². The average Bonchev–Trinajstić information content (AvgIpc) is 2.79. The summed E-state index contributed by atoms with van der Waals surface area (Å²) in [7, 11) is 0. The third-order valence-electron chi connectivity index (χ3n) is 5.14. The molecule has 0 radical (unpaired) electrons. The van der Waals surface area contributed by atoms with Gasteiger partial charge in [0.05, 0.1) is 0 Å². The molecule has 0 bridgehead atoms. The van der Waals surface area contributed by atoms with Crippen LogP contribution in [-0.4, -0.2) is 12.5 Å². The van der Waals surface area contributed by atoms with E-state index in [-0.39, 0.29) is 18.6 Å². The second-order valence-electron chi connectivity index (χ2n) is 8.06. The number of ether oxygens (including phenoxy) is 1. The number of carbonyl (C=O) groups is 1. The predicted molar refractivity (Wildman–Crippen MR) is 127 cm³/mol. The lowest BCUT2D eigenvalue weighted by Crippen LogP contribution is -2.24. The number of rotatable bonds is 7. The van der Waals surface area contributed by atoms with E-state index in [2.05, 4.69) is 66.5 Å². The van der Waals surface area contributed by atoms with Gasteiger partial charge in [-0.2, -0.15) is 0 Å². The zero-order chi connectivity index (χ0) is 22.1. The highest BCUT2D eigenvalue weighted by Crippen LogP contribution is 2.23. The van der Waals surface area contributed by atoms with Crippen molar-refractivity contribution in [2.45, 2.75) is 33.4 Å². The Morgan fingerprint density at radius 1 is 1.03 bits per heavy atom. The van der Waals surface area contributed by atoms with Crippen LogP contribution >= 0.6 is 0 Å². The fourth-order valence-corrected chi connectivity index (χ4v) is 3.28. The van der Waals surface area contributed by atoms with Gasteiger partial charge in [0, 0.05) is 12.6 Å². The van der Waals surface area contributed by atoms with E-state index in [0.29, 0.717) is 6.54 Å². The van der Waals surface area contributed by atoms with E-state index in [1.807, 2.05) is 36.4 Å². The van der Waals surface area contributed by atoms with Gasteiger partial charge in [0.15, 0.2) is 0 Å². The van der Waals surface area contributed by atoms with Gasteiger partial charge >= 0.3 is 5.97 Å².